The summed E-state index contributed by atoms with van der Waals surface area (Å²) >= 11 is 0. The third-order valence-corrected chi connectivity index (χ3v) is 1.83. The molecule has 1 aromatic rings. The maximum Gasteiger partial charge on any atom is 0.417 e. The molecule has 0 aliphatic heterocycles. The van der Waals surface area contributed by atoms with Crippen molar-refractivity contribution < 1.29 is 27.5 Å². The number of hydrogen-bond acceptors (Lipinski definition) is 4. The molecule has 0 aliphatic carbocycles. The van der Waals surface area contributed by atoms with Gasteiger partial charge in [0.1, 0.15) is 0 Å². The van der Waals surface area contributed by atoms with Gasteiger partial charge in [0.25, 0.3) is 0 Å². The summed E-state index contributed by atoms with van der Waals surface area (Å²) in [5, 5.41) is 0. The van der Waals surface area contributed by atoms with Crippen LogP contribution in [0.4, 0.5) is 13.2 Å². The molecule has 0 spiro atoms. The van der Waals surface area contributed by atoms with Gasteiger partial charge in [0.15, 0.2) is 0 Å². The highest BCUT2D eigenvalue weighted by Gasteiger charge is 2.35. The third kappa shape index (κ3) is 3.28. The molecular weight excluding hydrogens is 239 g/mol. The third-order valence-electron chi connectivity index (χ3n) is 1.83. The van der Waals surface area contributed by atoms with Crippen LogP contribution in [0.1, 0.15) is 15.9 Å². The van der Waals surface area contributed by atoms with Crippen molar-refractivity contribution in [2.24, 2.45) is 5.73 Å². The monoisotopic (exact) mass is 247 g/mol. The van der Waals surface area contributed by atoms with Gasteiger partial charge in [-0.3, -0.25) is 4.79 Å². The molecule has 0 amide bonds. The molecular formula is C10H8F3NO3. The number of carbonyl (C=O) groups is 2. The molecule has 0 atom stereocenters. The van der Waals surface area contributed by atoms with Crippen molar-refractivity contribution in [3.63, 3.8) is 0 Å². The van der Waals surface area contributed by atoms with Gasteiger partial charge < -0.3 is 10.5 Å². The predicted molar refractivity (Wildman–Crippen MR) is 50.9 cm³/mol. The summed E-state index contributed by atoms with van der Waals surface area (Å²) < 4.78 is 41.7. The molecule has 0 saturated heterocycles. The van der Waals surface area contributed by atoms with E-state index >= 15 is 0 Å². The highest BCUT2D eigenvalue weighted by atomic mass is 19.4. The van der Waals surface area contributed by atoms with Gasteiger partial charge in [0.2, 0.25) is 0 Å². The standard InChI is InChI=1S/C10H8F3NO3/c11-10(12,13)7-4-2-1-3-6(7)9(16)17-8(15)5-14/h1-4H,5,14H2. The molecule has 2 N–H and O–H groups in total. The van der Waals surface area contributed by atoms with Gasteiger partial charge in [-0.05, 0) is 12.1 Å². The number of alkyl halides is 3. The molecule has 92 valence electrons. The van der Waals surface area contributed by atoms with Crippen molar-refractivity contribution in [2.75, 3.05) is 6.54 Å². The van der Waals surface area contributed by atoms with Crippen molar-refractivity contribution in [3.8, 4) is 0 Å². The lowest BCUT2D eigenvalue weighted by atomic mass is 10.1. The Morgan fingerprint density at radius 2 is 1.82 bits per heavy atom. The van der Waals surface area contributed by atoms with Gasteiger partial charge in [-0.15, -0.1) is 0 Å². The molecule has 0 fully saturated rings. The Hall–Kier alpha value is -1.89. The lowest BCUT2D eigenvalue weighted by molar-refractivity contribution is -0.140. The lowest BCUT2D eigenvalue weighted by Crippen LogP contribution is -2.22. The Morgan fingerprint density at radius 1 is 1.24 bits per heavy atom. The first-order chi connectivity index (χ1) is 7.86. The van der Waals surface area contributed by atoms with E-state index in [0.29, 0.717) is 0 Å². The fourth-order valence-electron chi connectivity index (χ4n) is 1.11. The van der Waals surface area contributed by atoms with Crippen molar-refractivity contribution in [3.05, 3.63) is 35.4 Å². The molecule has 0 aliphatic rings. The highest BCUT2D eigenvalue weighted by molar-refractivity contribution is 5.98. The maximum atomic E-state index is 12.5. The first-order valence-corrected chi connectivity index (χ1v) is 4.47. The molecule has 17 heavy (non-hydrogen) atoms. The smallest absolute Gasteiger partial charge is 0.388 e. The van der Waals surface area contributed by atoms with E-state index < -0.39 is 35.8 Å². The molecule has 7 heteroatoms. The number of esters is 2. The van der Waals surface area contributed by atoms with Crippen molar-refractivity contribution >= 4 is 11.9 Å². The highest BCUT2D eigenvalue weighted by Crippen LogP contribution is 2.32. The zero-order valence-electron chi connectivity index (χ0n) is 8.45. The molecule has 1 rings (SSSR count). The minimum Gasteiger partial charge on any atom is -0.388 e. The van der Waals surface area contributed by atoms with Gasteiger partial charge in [-0.1, -0.05) is 12.1 Å². The van der Waals surface area contributed by atoms with E-state index in [0.717, 1.165) is 18.2 Å². The van der Waals surface area contributed by atoms with E-state index in [4.69, 9.17) is 5.73 Å². The predicted octanol–water partition coefficient (Wildman–Crippen LogP) is 1.35. The number of ether oxygens (including phenoxy) is 1. The lowest BCUT2D eigenvalue weighted by Gasteiger charge is -2.10. The van der Waals surface area contributed by atoms with E-state index in [2.05, 4.69) is 4.74 Å². The minimum absolute atomic E-state index is 0.583. The van der Waals surface area contributed by atoms with Crippen LogP contribution in [0, 0.1) is 0 Å². The summed E-state index contributed by atoms with van der Waals surface area (Å²) in [5.41, 5.74) is 3.00. The molecule has 0 aromatic heterocycles. The van der Waals surface area contributed by atoms with Crippen LogP contribution in [0.25, 0.3) is 0 Å². The second-order valence-electron chi connectivity index (χ2n) is 3.01. The van der Waals surface area contributed by atoms with Crippen LogP contribution in [0.15, 0.2) is 24.3 Å². The summed E-state index contributed by atoms with van der Waals surface area (Å²) in [6, 6.07) is 4.02. The first-order valence-electron chi connectivity index (χ1n) is 4.47. The van der Waals surface area contributed by atoms with Gasteiger partial charge in [-0.2, -0.15) is 13.2 Å². The maximum absolute atomic E-state index is 12.5. The molecule has 0 radical (unpaired) electrons. The second kappa shape index (κ2) is 4.96. The fourth-order valence-corrected chi connectivity index (χ4v) is 1.11. The summed E-state index contributed by atoms with van der Waals surface area (Å²) in [7, 11) is 0. The normalized spacial score (nSPS) is 11.1. The molecule has 0 bridgehead atoms. The van der Waals surface area contributed by atoms with Crippen LogP contribution in [0.2, 0.25) is 0 Å². The van der Waals surface area contributed by atoms with E-state index in [9.17, 15) is 22.8 Å². The number of benzene rings is 1. The number of nitrogens with two attached hydrogens (primary N) is 1. The summed E-state index contributed by atoms with van der Waals surface area (Å²) in [6.45, 7) is -0.583. The average molecular weight is 247 g/mol. The van der Waals surface area contributed by atoms with E-state index in [1.54, 1.807) is 0 Å². The summed E-state index contributed by atoms with van der Waals surface area (Å²) in [4.78, 5) is 22.0. The molecule has 0 saturated carbocycles. The molecule has 0 heterocycles. The van der Waals surface area contributed by atoms with Crippen LogP contribution >= 0.6 is 0 Å². The van der Waals surface area contributed by atoms with Crippen LogP contribution in [0.3, 0.4) is 0 Å². The number of halogens is 3. The Morgan fingerprint density at radius 3 is 2.35 bits per heavy atom. The van der Waals surface area contributed by atoms with E-state index in [-0.39, 0.29) is 0 Å². The Kier molecular flexibility index (Phi) is 3.84. The van der Waals surface area contributed by atoms with Gasteiger partial charge >= 0.3 is 18.1 Å². The Balaban J connectivity index is 3.06. The summed E-state index contributed by atoms with van der Waals surface area (Å²) in [5.74, 6) is -2.46. The van der Waals surface area contributed by atoms with Crippen LogP contribution in [-0.2, 0) is 15.7 Å². The van der Waals surface area contributed by atoms with Crippen LogP contribution in [-0.4, -0.2) is 18.5 Å². The zero-order valence-corrected chi connectivity index (χ0v) is 8.45. The Bertz CT molecular complexity index is 443. The molecule has 0 unspecified atom stereocenters. The largest absolute Gasteiger partial charge is 0.417 e. The number of rotatable bonds is 2. The van der Waals surface area contributed by atoms with Crippen LogP contribution < -0.4 is 5.73 Å². The van der Waals surface area contributed by atoms with E-state index in [1.807, 2.05) is 0 Å². The van der Waals surface area contributed by atoms with Crippen molar-refractivity contribution in [2.45, 2.75) is 6.18 Å². The fraction of sp³-hybridized carbons (Fsp3) is 0.200. The number of hydrogen-bond donors (Lipinski definition) is 1. The summed E-state index contributed by atoms with van der Waals surface area (Å²) in [6.07, 6.45) is -4.69. The van der Waals surface area contributed by atoms with Gasteiger partial charge in [0, 0.05) is 0 Å². The molecule has 1 aromatic carbocycles. The van der Waals surface area contributed by atoms with Crippen molar-refractivity contribution in [1.82, 2.24) is 0 Å². The first kappa shape index (κ1) is 13.2. The zero-order chi connectivity index (χ0) is 13.1. The van der Waals surface area contributed by atoms with Gasteiger partial charge in [0.05, 0.1) is 17.7 Å². The van der Waals surface area contributed by atoms with Crippen LogP contribution in [0.5, 0.6) is 0 Å². The minimum atomic E-state index is -4.69. The average Bonchev–Trinajstić information content (AvgIpc) is 2.27. The van der Waals surface area contributed by atoms with Crippen molar-refractivity contribution in [1.29, 1.82) is 0 Å². The van der Waals surface area contributed by atoms with Gasteiger partial charge in [-0.25, -0.2) is 4.79 Å². The molecule has 4 nitrogen and oxygen atoms in total. The number of carbonyl (C=O) groups excluding carboxylic acids is 2. The topological polar surface area (TPSA) is 69.4 Å². The quantitative estimate of drug-likeness (QED) is 0.632. The second-order valence-corrected chi connectivity index (χ2v) is 3.01. The SMILES string of the molecule is NCC(=O)OC(=O)c1ccccc1C(F)(F)F. The van der Waals surface area contributed by atoms with E-state index in [1.165, 1.54) is 6.07 Å². The Labute approximate surface area is 94.2 Å².